The van der Waals surface area contributed by atoms with Gasteiger partial charge in [0.1, 0.15) is 5.75 Å². The number of hydrogen-bond acceptors (Lipinski definition) is 4. The van der Waals surface area contributed by atoms with Crippen molar-refractivity contribution >= 4 is 11.6 Å². The van der Waals surface area contributed by atoms with Crippen molar-refractivity contribution in [1.82, 2.24) is 10.2 Å². The minimum absolute atomic E-state index is 0.0289. The summed E-state index contributed by atoms with van der Waals surface area (Å²) < 4.78 is 5.15. The maximum atomic E-state index is 12.1. The van der Waals surface area contributed by atoms with Crippen LogP contribution in [-0.2, 0) is 4.79 Å². The highest BCUT2D eigenvalue weighted by Gasteiger charge is 2.25. The summed E-state index contributed by atoms with van der Waals surface area (Å²) in [4.78, 5) is 14.3. The Labute approximate surface area is 120 Å². The molecule has 2 N–H and O–H groups in total. The van der Waals surface area contributed by atoms with E-state index in [1.54, 1.807) is 7.11 Å². The van der Waals surface area contributed by atoms with Crippen molar-refractivity contribution in [2.75, 3.05) is 39.1 Å². The Morgan fingerprint density at radius 3 is 3.10 bits per heavy atom. The Morgan fingerprint density at radius 1 is 1.50 bits per heavy atom. The maximum absolute atomic E-state index is 12.1. The van der Waals surface area contributed by atoms with Crippen LogP contribution in [0.15, 0.2) is 24.3 Å². The van der Waals surface area contributed by atoms with Gasteiger partial charge in [-0.1, -0.05) is 6.07 Å². The van der Waals surface area contributed by atoms with Gasteiger partial charge in [0.25, 0.3) is 0 Å². The quantitative estimate of drug-likeness (QED) is 0.823. The second-order valence-corrected chi connectivity index (χ2v) is 5.10. The Balaban J connectivity index is 1.88. The molecule has 1 heterocycles. The average Bonchev–Trinajstić information content (AvgIpc) is 2.86. The SMILES string of the molecule is CNCC1CCCN1CC(=O)Nc1cccc(OC)c1. The van der Waals surface area contributed by atoms with Gasteiger partial charge in [0.2, 0.25) is 5.91 Å². The maximum Gasteiger partial charge on any atom is 0.238 e. The van der Waals surface area contributed by atoms with Gasteiger partial charge in [0, 0.05) is 24.3 Å². The predicted octanol–water partition coefficient (Wildman–Crippen LogP) is 1.32. The summed E-state index contributed by atoms with van der Waals surface area (Å²) >= 11 is 0. The van der Waals surface area contributed by atoms with Crippen LogP contribution >= 0.6 is 0 Å². The number of carbonyl (C=O) groups excluding carboxylic acids is 1. The lowest BCUT2D eigenvalue weighted by Gasteiger charge is -2.23. The average molecular weight is 277 g/mol. The highest BCUT2D eigenvalue weighted by atomic mass is 16.5. The summed E-state index contributed by atoms with van der Waals surface area (Å²) in [6.07, 6.45) is 2.33. The van der Waals surface area contributed by atoms with Gasteiger partial charge < -0.3 is 15.4 Å². The molecule has 0 aliphatic carbocycles. The molecule has 1 aliphatic rings. The molecule has 0 spiro atoms. The molecule has 110 valence electrons. The van der Waals surface area contributed by atoms with Crippen LogP contribution in [0.4, 0.5) is 5.69 Å². The van der Waals surface area contributed by atoms with Crippen LogP contribution in [0.1, 0.15) is 12.8 Å². The van der Waals surface area contributed by atoms with Crippen molar-refractivity contribution in [3.05, 3.63) is 24.3 Å². The number of methoxy groups -OCH3 is 1. The number of rotatable bonds is 6. The van der Waals surface area contributed by atoms with Crippen molar-refractivity contribution in [3.63, 3.8) is 0 Å². The van der Waals surface area contributed by atoms with Gasteiger partial charge in [-0.25, -0.2) is 0 Å². The molecular formula is C15H23N3O2. The molecule has 0 aromatic heterocycles. The van der Waals surface area contributed by atoms with Gasteiger partial charge in [-0.3, -0.25) is 9.69 Å². The zero-order valence-electron chi connectivity index (χ0n) is 12.2. The number of amides is 1. The highest BCUT2D eigenvalue weighted by molar-refractivity contribution is 5.92. The van der Waals surface area contributed by atoms with E-state index in [9.17, 15) is 4.79 Å². The molecule has 1 unspecified atom stereocenters. The fraction of sp³-hybridized carbons (Fsp3) is 0.533. The van der Waals surface area contributed by atoms with E-state index >= 15 is 0 Å². The van der Waals surface area contributed by atoms with Crippen LogP contribution in [0, 0.1) is 0 Å². The second kappa shape index (κ2) is 7.26. The number of ether oxygens (including phenoxy) is 1. The predicted molar refractivity (Wildman–Crippen MR) is 80.1 cm³/mol. The first-order valence-corrected chi connectivity index (χ1v) is 7.05. The Morgan fingerprint density at radius 2 is 2.35 bits per heavy atom. The minimum atomic E-state index is 0.0289. The summed E-state index contributed by atoms with van der Waals surface area (Å²) in [5, 5.41) is 6.11. The highest BCUT2D eigenvalue weighted by Crippen LogP contribution is 2.18. The summed E-state index contributed by atoms with van der Waals surface area (Å²) in [5.41, 5.74) is 0.777. The van der Waals surface area contributed by atoms with E-state index in [0.29, 0.717) is 12.6 Å². The normalized spacial score (nSPS) is 19.0. The first-order chi connectivity index (χ1) is 9.72. The van der Waals surface area contributed by atoms with Gasteiger partial charge in [-0.2, -0.15) is 0 Å². The first kappa shape index (κ1) is 14.8. The molecule has 1 fully saturated rings. The van der Waals surface area contributed by atoms with E-state index < -0.39 is 0 Å². The van der Waals surface area contributed by atoms with E-state index in [2.05, 4.69) is 15.5 Å². The number of benzene rings is 1. The van der Waals surface area contributed by atoms with Crippen molar-refractivity contribution < 1.29 is 9.53 Å². The van der Waals surface area contributed by atoms with E-state index in [1.807, 2.05) is 31.3 Å². The molecule has 0 saturated carbocycles. The molecule has 0 radical (unpaired) electrons. The van der Waals surface area contributed by atoms with Crippen LogP contribution in [-0.4, -0.2) is 50.6 Å². The van der Waals surface area contributed by atoms with E-state index in [4.69, 9.17) is 4.74 Å². The molecular weight excluding hydrogens is 254 g/mol. The van der Waals surface area contributed by atoms with Crippen molar-refractivity contribution in [3.8, 4) is 5.75 Å². The van der Waals surface area contributed by atoms with Gasteiger partial charge in [-0.05, 0) is 38.6 Å². The fourth-order valence-corrected chi connectivity index (χ4v) is 2.66. The Kier molecular flexibility index (Phi) is 5.38. The van der Waals surface area contributed by atoms with Gasteiger partial charge in [-0.15, -0.1) is 0 Å². The number of hydrogen-bond donors (Lipinski definition) is 2. The Hall–Kier alpha value is -1.59. The lowest BCUT2D eigenvalue weighted by molar-refractivity contribution is -0.117. The first-order valence-electron chi connectivity index (χ1n) is 7.05. The van der Waals surface area contributed by atoms with Crippen LogP contribution < -0.4 is 15.4 Å². The molecule has 1 atom stereocenters. The third kappa shape index (κ3) is 3.95. The standard InChI is InChI=1S/C15H23N3O2/c1-16-10-13-6-4-8-18(13)11-15(19)17-12-5-3-7-14(9-12)20-2/h3,5,7,9,13,16H,4,6,8,10-11H2,1-2H3,(H,17,19). The van der Waals surface area contributed by atoms with E-state index in [-0.39, 0.29) is 5.91 Å². The summed E-state index contributed by atoms with van der Waals surface area (Å²) in [7, 11) is 3.57. The molecule has 1 amide bonds. The van der Waals surface area contributed by atoms with Crippen molar-refractivity contribution in [1.29, 1.82) is 0 Å². The molecule has 1 aromatic rings. The van der Waals surface area contributed by atoms with Gasteiger partial charge >= 0.3 is 0 Å². The van der Waals surface area contributed by atoms with Gasteiger partial charge in [0.15, 0.2) is 0 Å². The minimum Gasteiger partial charge on any atom is -0.497 e. The third-order valence-corrected chi connectivity index (χ3v) is 3.64. The molecule has 2 rings (SSSR count). The monoisotopic (exact) mass is 277 g/mol. The topological polar surface area (TPSA) is 53.6 Å². The molecule has 1 aromatic carbocycles. The van der Waals surface area contributed by atoms with Crippen molar-refractivity contribution in [2.45, 2.75) is 18.9 Å². The Bertz CT molecular complexity index is 450. The lowest BCUT2D eigenvalue weighted by atomic mass is 10.2. The van der Waals surface area contributed by atoms with Crippen molar-refractivity contribution in [2.24, 2.45) is 0 Å². The number of nitrogens with zero attached hydrogens (tertiary/aromatic N) is 1. The van der Waals surface area contributed by atoms with Crippen LogP contribution in [0.5, 0.6) is 5.75 Å². The molecule has 1 saturated heterocycles. The smallest absolute Gasteiger partial charge is 0.238 e. The molecule has 5 heteroatoms. The number of likely N-dealkylation sites (N-methyl/N-ethyl adjacent to an activating group) is 1. The zero-order chi connectivity index (χ0) is 14.4. The van der Waals surface area contributed by atoms with Crippen LogP contribution in [0.25, 0.3) is 0 Å². The summed E-state index contributed by atoms with van der Waals surface area (Å²) in [6.45, 7) is 2.38. The number of likely N-dealkylation sites (tertiary alicyclic amines) is 1. The fourth-order valence-electron chi connectivity index (χ4n) is 2.66. The number of carbonyl (C=O) groups is 1. The largest absolute Gasteiger partial charge is 0.497 e. The third-order valence-electron chi connectivity index (χ3n) is 3.64. The zero-order valence-corrected chi connectivity index (χ0v) is 12.2. The number of nitrogens with one attached hydrogen (secondary N) is 2. The molecule has 0 bridgehead atoms. The molecule has 1 aliphatic heterocycles. The summed E-state index contributed by atoms with van der Waals surface area (Å²) in [6, 6.07) is 7.89. The van der Waals surface area contributed by atoms with E-state index in [1.165, 1.54) is 6.42 Å². The molecule has 5 nitrogen and oxygen atoms in total. The number of anilines is 1. The molecule has 20 heavy (non-hydrogen) atoms. The summed E-state index contributed by atoms with van der Waals surface area (Å²) in [5.74, 6) is 0.776. The van der Waals surface area contributed by atoms with Gasteiger partial charge in [0.05, 0.1) is 13.7 Å². The lowest BCUT2D eigenvalue weighted by Crippen LogP contribution is -2.41. The second-order valence-electron chi connectivity index (χ2n) is 5.10. The van der Waals surface area contributed by atoms with Crippen LogP contribution in [0.3, 0.4) is 0 Å². The van der Waals surface area contributed by atoms with Crippen LogP contribution in [0.2, 0.25) is 0 Å². The van der Waals surface area contributed by atoms with E-state index in [0.717, 1.165) is 30.9 Å².